The molecule has 3 N–H and O–H groups in total. The fourth-order valence-electron chi connectivity index (χ4n) is 4.19. The zero-order chi connectivity index (χ0) is 23.4. The Labute approximate surface area is 192 Å². The number of benzene rings is 2. The molecule has 33 heavy (non-hydrogen) atoms. The van der Waals surface area contributed by atoms with Gasteiger partial charge in [0.25, 0.3) is 5.91 Å². The van der Waals surface area contributed by atoms with Crippen LogP contribution in [0, 0.1) is 0 Å². The van der Waals surface area contributed by atoms with Crippen LogP contribution in [0.3, 0.4) is 0 Å². The fourth-order valence-corrected chi connectivity index (χ4v) is 4.19. The highest BCUT2D eigenvalue weighted by Gasteiger charge is 2.52. The minimum atomic E-state index is -0.798. The molecule has 4 rings (SSSR count). The Balaban J connectivity index is 1.48. The Bertz CT molecular complexity index is 1130. The van der Waals surface area contributed by atoms with E-state index in [1.54, 1.807) is 24.3 Å². The Morgan fingerprint density at radius 3 is 2.73 bits per heavy atom. The summed E-state index contributed by atoms with van der Waals surface area (Å²) in [4.78, 5) is 44.3. The van der Waals surface area contributed by atoms with Gasteiger partial charge in [0.1, 0.15) is 6.04 Å². The average Bonchev–Trinajstić information content (AvgIpc) is 3.42. The molecule has 0 bridgehead atoms. The molecule has 2 atom stereocenters. The van der Waals surface area contributed by atoms with Gasteiger partial charge in [-0.2, -0.15) is 0 Å². The number of hydrogen-bond acceptors (Lipinski definition) is 5. The molecule has 1 unspecified atom stereocenters. The lowest BCUT2D eigenvalue weighted by Crippen LogP contribution is -2.43. The normalized spacial score (nSPS) is 21.8. The van der Waals surface area contributed by atoms with Gasteiger partial charge in [-0.1, -0.05) is 48.5 Å². The van der Waals surface area contributed by atoms with Crippen LogP contribution in [0.4, 0.5) is 5.69 Å². The van der Waals surface area contributed by atoms with E-state index in [0.717, 1.165) is 5.56 Å². The number of nitrogens with two attached hydrogens (primary N) is 1. The van der Waals surface area contributed by atoms with Gasteiger partial charge in [0, 0.05) is 29.7 Å². The van der Waals surface area contributed by atoms with E-state index in [-0.39, 0.29) is 24.8 Å². The number of nitrogens with zero attached hydrogens (tertiary/aromatic N) is 2. The lowest BCUT2D eigenvalue weighted by Gasteiger charge is -2.21. The minimum Gasteiger partial charge on any atom is -0.387 e. The summed E-state index contributed by atoms with van der Waals surface area (Å²) in [6, 6.07) is 15.6. The third-order valence-electron chi connectivity index (χ3n) is 5.84. The SMILES string of the molecule is CC/C=C/C(=O)N1CC2(CC(c3cccc(NC(=O)c4ccccc4)c3)=NO2)C[C@@H]1C(N)=O. The second kappa shape index (κ2) is 9.28. The summed E-state index contributed by atoms with van der Waals surface area (Å²) in [7, 11) is 0. The summed E-state index contributed by atoms with van der Waals surface area (Å²) in [6.07, 6.45) is 4.63. The number of likely N-dealkylation sites (tertiary alicyclic amines) is 1. The van der Waals surface area contributed by atoms with Crippen molar-refractivity contribution in [2.45, 2.75) is 37.8 Å². The van der Waals surface area contributed by atoms with Gasteiger partial charge in [-0.15, -0.1) is 0 Å². The van der Waals surface area contributed by atoms with Crippen LogP contribution < -0.4 is 11.1 Å². The Morgan fingerprint density at radius 2 is 2.00 bits per heavy atom. The molecule has 2 heterocycles. The van der Waals surface area contributed by atoms with Gasteiger partial charge in [0.05, 0.1) is 12.3 Å². The molecule has 3 amide bonds. The van der Waals surface area contributed by atoms with Crippen molar-refractivity contribution in [1.29, 1.82) is 0 Å². The first kappa shape index (κ1) is 22.3. The van der Waals surface area contributed by atoms with Crippen LogP contribution in [0.25, 0.3) is 0 Å². The topological polar surface area (TPSA) is 114 Å². The summed E-state index contributed by atoms with van der Waals surface area (Å²) in [5, 5.41) is 7.16. The second-order valence-electron chi connectivity index (χ2n) is 8.29. The van der Waals surface area contributed by atoms with Crippen LogP contribution in [0.2, 0.25) is 0 Å². The van der Waals surface area contributed by atoms with Crippen molar-refractivity contribution < 1.29 is 19.2 Å². The van der Waals surface area contributed by atoms with Crippen LogP contribution in [-0.2, 0) is 14.4 Å². The van der Waals surface area contributed by atoms with Gasteiger partial charge in [-0.25, -0.2) is 0 Å². The third-order valence-corrected chi connectivity index (χ3v) is 5.84. The standard InChI is InChI=1S/C25H26N4O4/c1-2-3-12-22(30)29-16-25(15-21(29)23(26)31)14-20(28-33-25)18-10-7-11-19(13-18)27-24(32)17-8-5-4-6-9-17/h3-13,21H,2,14-16H2,1H3,(H2,26,31)(H,27,32)/b12-3+/t21-,25?/m1/s1. The molecule has 0 radical (unpaired) electrons. The summed E-state index contributed by atoms with van der Waals surface area (Å²) in [5.74, 6) is -1.03. The van der Waals surface area contributed by atoms with Crippen LogP contribution in [0.1, 0.15) is 42.1 Å². The zero-order valence-electron chi connectivity index (χ0n) is 18.4. The summed E-state index contributed by atoms with van der Waals surface area (Å²) in [6.45, 7) is 2.16. The van der Waals surface area contributed by atoms with Gasteiger partial charge < -0.3 is 20.8 Å². The second-order valence-corrected chi connectivity index (χ2v) is 8.29. The van der Waals surface area contributed by atoms with E-state index in [9.17, 15) is 14.4 Å². The molecule has 0 saturated carbocycles. The number of allylic oxidation sites excluding steroid dienone is 1. The maximum Gasteiger partial charge on any atom is 0.255 e. The molecule has 0 aliphatic carbocycles. The van der Waals surface area contributed by atoms with Crippen LogP contribution >= 0.6 is 0 Å². The van der Waals surface area contributed by atoms with Crippen molar-refractivity contribution in [3.63, 3.8) is 0 Å². The van der Waals surface area contributed by atoms with Crippen molar-refractivity contribution >= 4 is 29.1 Å². The number of oxime groups is 1. The molecule has 2 aromatic rings. The molecular weight excluding hydrogens is 420 g/mol. The summed E-state index contributed by atoms with van der Waals surface area (Å²) in [5.41, 5.74) is 7.46. The van der Waals surface area contributed by atoms with Gasteiger partial charge in [0.15, 0.2) is 5.60 Å². The smallest absolute Gasteiger partial charge is 0.255 e. The highest BCUT2D eigenvalue weighted by Crippen LogP contribution is 2.39. The lowest BCUT2D eigenvalue weighted by atomic mass is 9.91. The molecule has 1 spiro atoms. The van der Waals surface area contributed by atoms with E-state index >= 15 is 0 Å². The first-order valence-corrected chi connectivity index (χ1v) is 10.9. The maximum atomic E-state index is 12.6. The zero-order valence-corrected chi connectivity index (χ0v) is 18.4. The van der Waals surface area contributed by atoms with Gasteiger partial charge >= 0.3 is 0 Å². The number of primary amides is 1. The quantitative estimate of drug-likeness (QED) is 0.664. The van der Waals surface area contributed by atoms with E-state index in [0.29, 0.717) is 29.8 Å². The Kier molecular flexibility index (Phi) is 6.26. The van der Waals surface area contributed by atoms with Crippen molar-refractivity contribution in [2.24, 2.45) is 10.9 Å². The van der Waals surface area contributed by atoms with E-state index in [1.807, 2.05) is 43.3 Å². The van der Waals surface area contributed by atoms with Crippen molar-refractivity contribution in [1.82, 2.24) is 4.90 Å². The molecule has 8 nitrogen and oxygen atoms in total. The monoisotopic (exact) mass is 446 g/mol. The highest BCUT2D eigenvalue weighted by atomic mass is 16.7. The predicted molar refractivity (Wildman–Crippen MR) is 125 cm³/mol. The van der Waals surface area contributed by atoms with E-state index in [4.69, 9.17) is 10.6 Å². The van der Waals surface area contributed by atoms with E-state index in [1.165, 1.54) is 11.0 Å². The molecule has 0 aromatic heterocycles. The van der Waals surface area contributed by atoms with Crippen molar-refractivity contribution in [3.8, 4) is 0 Å². The molecule has 2 aliphatic heterocycles. The molecule has 2 aliphatic rings. The van der Waals surface area contributed by atoms with E-state index in [2.05, 4.69) is 10.5 Å². The Hall–Kier alpha value is -3.94. The number of hydrogen-bond donors (Lipinski definition) is 2. The fraction of sp³-hybridized carbons (Fsp3) is 0.280. The van der Waals surface area contributed by atoms with Crippen molar-refractivity contribution in [3.05, 3.63) is 77.9 Å². The molecule has 170 valence electrons. The number of carbonyl (C=O) groups excluding carboxylic acids is 3. The summed E-state index contributed by atoms with van der Waals surface area (Å²) < 4.78 is 0. The maximum absolute atomic E-state index is 12.6. The molecule has 1 saturated heterocycles. The number of amides is 3. The molecular formula is C25H26N4O4. The van der Waals surface area contributed by atoms with Gasteiger partial charge in [-0.05, 0) is 36.8 Å². The lowest BCUT2D eigenvalue weighted by molar-refractivity contribution is -0.133. The highest BCUT2D eigenvalue weighted by molar-refractivity contribution is 6.06. The minimum absolute atomic E-state index is 0.205. The number of nitrogens with one attached hydrogen (secondary N) is 1. The predicted octanol–water partition coefficient (Wildman–Crippen LogP) is 2.85. The number of anilines is 1. The van der Waals surface area contributed by atoms with Crippen molar-refractivity contribution in [2.75, 3.05) is 11.9 Å². The average molecular weight is 447 g/mol. The van der Waals surface area contributed by atoms with E-state index < -0.39 is 17.6 Å². The van der Waals surface area contributed by atoms with Gasteiger partial charge in [0.2, 0.25) is 11.8 Å². The molecule has 1 fully saturated rings. The van der Waals surface area contributed by atoms with Crippen LogP contribution in [0.15, 0.2) is 71.9 Å². The third kappa shape index (κ3) is 4.79. The number of rotatable bonds is 6. The first-order chi connectivity index (χ1) is 15.9. The Morgan fingerprint density at radius 1 is 1.21 bits per heavy atom. The molecule has 2 aromatic carbocycles. The number of carbonyl (C=O) groups is 3. The van der Waals surface area contributed by atoms with Gasteiger partial charge in [-0.3, -0.25) is 14.4 Å². The largest absolute Gasteiger partial charge is 0.387 e. The summed E-state index contributed by atoms with van der Waals surface area (Å²) >= 11 is 0. The molecule has 8 heteroatoms. The first-order valence-electron chi connectivity index (χ1n) is 10.9. The van der Waals surface area contributed by atoms with Crippen LogP contribution in [-0.4, -0.2) is 46.5 Å². The van der Waals surface area contributed by atoms with Crippen LogP contribution in [0.5, 0.6) is 0 Å².